The highest BCUT2D eigenvalue weighted by Crippen LogP contribution is 2.44. The van der Waals surface area contributed by atoms with Crippen LogP contribution in [0.1, 0.15) is 54.4 Å². The number of aliphatic hydroxyl groups excluding tert-OH is 25. The molecule has 0 bridgehead atoms. The van der Waals surface area contributed by atoms with Crippen molar-refractivity contribution in [2.75, 3.05) is 46.2 Å². The predicted molar refractivity (Wildman–Crippen MR) is 375 cm³/mol. The average Bonchev–Trinajstić information content (AvgIpc) is 0.752. The molecule has 54 heteroatoms. The number of carboxylic acids is 2. The molecule has 9 aliphatic rings. The van der Waals surface area contributed by atoms with Crippen LogP contribution in [0.3, 0.4) is 0 Å². The summed E-state index contributed by atoms with van der Waals surface area (Å²) in [5, 5.41) is 309. The number of nitrogens with one attached hydrogen (secondary N) is 4. The Morgan fingerprint density at radius 2 is 0.680 bits per heavy atom. The first kappa shape index (κ1) is 101. The highest BCUT2D eigenvalue weighted by Gasteiger charge is 2.65. The highest BCUT2D eigenvalue weighted by molar-refractivity contribution is 5.78. The maximum Gasteiger partial charge on any atom is 0.364 e. The molecular weight excluding hydrogens is 1670 g/mol. The lowest BCUT2D eigenvalue weighted by atomic mass is 9.88. The quantitative estimate of drug-likeness (QED) is 0.0290. The molecule has 0 aromatic carbocycles. The molecule has 4 amide bonds. The van der Waals surface area contributed by atoms with Crippen LogP contribution in [0.2, 0.25) is 0 Å². The Morgan fingerprint density at radius 1 is 0.352 bits per heavy atom. The van der Waals surface area contributed by atoms with Gasteiger partial charge in [0.25, 0.3) is 11.6 Å². The Hall–Kier alpha value is -4.86. The second-order valence-corrected chi connectivity index (χ2v) is 31.0. The van der Waals surface area contributed by atoms with Gasteiger partial charge >= 0.3 is 11.9 Å². The molecule has 9 saturated heterocycles. The molecule has 0 radical (unpaired) electrons. The van der Waals surface area contributed by atoms with Gasteiger partial charge in [-0.2, -0.15) is 0 Å². The third kappa shape index (κ3) is 21.8. The van der Waals surface area contributed by atoms with Crippen LogP contribution in [0.5, 0.6) is 0 Å². The van der Waals surface area contributed by atoms with Gasteiger partial charge in [-0.15, -0.1) is 0 Å². The molecule has 0 unspecified atom stereocenters. The van der Waals surface area contributed by atoms with E-state index in [4.69, 9.17) is 80.5 Å². The van der Waals surface area contributed by atoms with Crippen LogP contribution in [0.4, 0.5) is 0 Å². The molecule has 47 atom stereocenters. The van der Waals surface area contributed by atoms with E-state index < -0.39 is 382 Å². The molecule has 122 heavy (non-hydrogen) atoms. The largest absolute Gasteiger partial charge is 0.477 e. The van der Waals surface area contributed by atoms with Crippen molar-refractivity contribution in [3.05, 3.63) is 0 Å². The van der Waals surface area contributed by atoms with Crippen LogP contribution in [-0.4, -0.2) is 507 Å². The summed E-state index contributed by atoms with van der Waals surface area (Å²) >= 11 is 0. The molecule has 31 N–H and O–H groups in total. The fraction of sp³-hybridized carbons (Fsp3) is 0.912. The molecule has 0 spiro atoms. The Kier molecular flexibility index (Phi) is 35.2. The van der Waals surface area contributed by atoms with Crippen molar-refractivity contribution in [2.24, 2.45) is 0 Å². The van der Waals surface area contributed by atoms with Gasteiger partial charge in [-0.05, 0) is 13.8 Å². The van der Waals surface area contributed by atoms with Gasteiger partial charge in [0.15, 0.2) is 44.0 Å². The van der Waals surface area contributed by atoms with E-state index in [2.05, 4.69) is 21.3 Å². The maximum absolute atomic E-state index is 13.4. The summed E-state index contributed by atoms with van der Waals surface area (Å²) in [6.07, 6.45) is -91.9. The van der Waals surface area contributed by atoms with Crippen molar-refractivity contribution < 1.29 is 247 Å². The molecular formula is C68H112N4O50. The molecule has 9 fully saturated rings. The van der Waals surface area contributed by atoms with Crippen molar-refractivity contribution in [3.8, 4) is 0 Å². The summed E-state index contributed by atoms with van der Waals surface area (Å²) in [7, 11) is 0. The first-order chi connectivity index (χ1) is 57.3. The van der Waals surface area contributed by atoms with E-state index in [9.17, 15) is 167 Å². The van der Waals surface area contributed by atoms with E-state index in [1.807, 2.05) is 0 Å². The van der Waals surface area contributed by atoms with Crippen molar-refractivity contribution >= 4 is 35.6 Å². The van der Waals surface area contributed by atoms with Crippen molar-refractivity contribution in [1.29, 1.82) is 0 Å². The zero-order valence-electron chi connectivity index (χ0n) is 65.8. The first-order valence-corrected chi connectivity index (χ1v) is 38.6. The molecule has 704 valence electrons. The molecule has 0 aromatic rings. The Morgan fingerprint density at radius 3 is 1.03 bits per heavy atom. The minimum atomic E-state index is -3.34. The average molecular weight is 1790 g/mol. The predicted octanol–water partition coefficient (Wildman–Crippen LogP) is -19.6. The highest BCUT2D eigenvalue weighted by atomic mass is 16.8. The SMILES string of the molecule is CC(=O)N[C@H]1[C@H](OC[C@H]2O[C@@H](O)[C@H](O[C@@H]3O[C@H](CO)[C@@H](O[C@@H]4O[C@H](CO)[C@H](O)[C@H](O[C@]5(C(=O)O)C[C@H](O)[C@@H](NC(C)=O)[C@H]([C@H](O)[C@H](O)CO)O5)[C@H]4O)[C@H](O[C@@H]4O[C@@H](C)[C@@H](O)[C@@H](O)[C@@H]4O)[C@H]3NC(C)=O)[C@@H](O)[C@H]2O)O[C@H](CO)[C@@H](O[C@@H]2O[C@H](CO)[C@H](O)[C@H](O[C@]3(C(=O)O)C[C@H](O)[C@@H](NC(C)=O)[C@H]([C@H](O)[C@H](O)CO)O3)[C@H]2O)[C@@H]1O[C@@H]1O[C@@H](C)[C@@H](O)[C@@H](O)[C@@H]1O. The van der Waals surface area contributed by atoms with Gasteiger partial charge in [0, 0.05) is 40.5 Å². The van der Waals surface area contributed by atoms with E-state index >= 15 is 0 Å². The third-order valence-corrected chi connectivity index (χ3v) is 22.2. The van der Waals surface area contributed by atoms with Gasteiger partial charge < -0.3 is 240 Å². The molecule has 9 rings (SSSR count). The fourth-order valence-electron chi connectivity index (χ4n) is 15.8. The fourth-order valence-corrected chi connectivity index (χ4v) is 15.8. The Bertz CT molecular complexity index is 3410. The normalized spacial score (nSPS) is 46.9. The van der Waals surface area contributed by atoms with E-state index in [1.165, 1.54) is 13.8 Å². The summed E-state index contributed by atoms with van der Waals surface area (Å²) in [6, 6.07) is -7.59. The van der Waals surface area contributed by atoms with Crippen LogP contribution in [0.25, 0.3) is 0 Å². The van der Waals surface area contributed by atoms with Crippen LogP contribution in [-0.2, 0) is 109 Å². The van der Waals surface area contributed by atoms with E-state index in [1.54, 1.807) is 0 Å². The zero-order valence-corrected chi connectivity index (χ0v) is 65.8. The molecule has 9 heterocycles. The minimum Gasteiger partial charge on any atom is -0.477 e. The second-order valence-electron chi connectivity index (χ2n) is 31.0. The molecule has 0 aromatic heterocycles. The van der Waals surface area contributed by atoms with Gasteiger partial charge in [-0.1, -0.05) is 0 Å². The van der Waals surface area contributed by atoms with Crippen LogP contribution >= 0.6 is 0 Å². The van der Waals surface area contributed by atoms with Gasteiger partial charge in [-0.3, -0.25) is 19.2 Å². The monoisotopic (exact) mass is 1780 g/mol. The number of rotatable bonds is 33. The first-order valence-electron chi connectivity index (χ1n) is 38.6. The van der Waals surface area contributed by atoms with Crippen LogP contribution < -0.4 is 21.3 Å². The number of aliphatic carboxylic acids is 2. The lowest BCUT2D eigenvalue weighted by Gasteiger charge is -2.52. The van der Waals surface area contributed by atoms with Gasteiger partial charge in [0.2, 0.25) is 23.6 Å². The maximum atomic E-state index is 13.4. The summed E-state index contributed by atoms with van der Waals surface area (Å²) in [6.45, 7) is -2.51. The molecule has 9 aliphatic heterocycles. The van der Waals surface area contributed by atoms with Crippen molar-refractivity contribution in [1.82, 2.24) is 21.3 Å². The number of ether oxygens (including phenoxy) is 17. The van der Waals surface area contributed by atoms with Crippen LogP contribution in [0.15, 0.2) is 0 Å². The lowest BCUT2D eigenvalue weighted by molar-refractivity contribution is -0.399. The standard InChI is InChI=1S/C68H112N4O50/c1-16-35(87)42(94)45(97)61(107-16)116-53-33(71-20(5)81)59(112-28(13-77)49(53)114-63-47(99)55(40(92)26(11-75)110-63)121-67(65(102)103)7-22(83)31(69-18(3)79)51(119-67)37(89)24(85)9-73)106-15-30-39(91)44(96)57(58(101)109-30)118-60-34(72-21(6)82)54(117-62-46(98)43(95)36(88)17(2)108-62)50(29(14-78)113-60)115-64-48(100)56(41(93)27(12-76)111-64)122-68(66(104)105)8-23(84)32(70-19(4)80)52(120-68)38(90)25(86)10-74/h16-17,22-64,73-78,83-101H,7-15H2,1-6H3,(H,69,79)(H,70,80)(H,71,81)(H,72,82)(H,102,103)(H,104,105)/t16-,17-,22-,23-,24+,25+,26+,27+,28+,29+,30+,31+,32+,33+,34+,35+,36+,37+,38+,39-,40-,41-,42+,43+,44-,45-,46-,47+,48+,49+,50+,51+,52+,53+,54+,55-,56-,57+,58+,59+,60-,61-,62-,63-,64-,67-,68-/m0/s1. The molecule has 54 nitrogen and oxygen atoms in total. The van der Waals surface area contributed by atoms with Gasteiger partial charge in [-0.25, -0.2) is 9.59 Å². The summed E-state index contributed by atoms with van der Waals surface area (Å²) in [5.74, 6) is -14.8. The summed E-state index contributed by atoms with van der Waals surface area (Å²) in [4.78, 5) is 78.1. The van der Waals surface area contributed by atoms with Crippen molar-refractivity contribution in [2.45, 2.75) is 342 Å². The van der Waals surface area contributed by atoms with Crippen LogP contribution in [0, 0.1) is 0 Å². The third-order valence-electron chi connectivity index (χ3n) is 22.2. The minimum absolute atomic E-state index is 0.880. The Labute approximate surface area is 690 Å². The number of aliphatic hydroxyl groups is 25. The van der Waals surface area contributed by atoms with Crippen molar-refractivity contribution in [3.63, 3.8) is 0 Å². The van der Waals surface area contributed by atoms with E-state index in [0.29, 0.717) is 0 Å². The number of hydrogen-bond acceptors (Lipinski definition) is 48. The number of carboxylic acid groups (broad SMARTS) is 2. The lowest BCUT2D eigenvalue weighted by Crippen LogP contribution is -2.72. The number of amides is 4. The zero-order chi connectivity index (χ0) is 90.7. The van der Waals surface area contributed by atoms with Gasteiger partial charge in [0.05, 0.1) is 82.7 Å². The number of hydrogen-bond donors (Lipinski definition) is 31. The van der Waals surface area contributed by atoms with Gasteiger partial charge in [0.1, 0.15) is 195 Å². The van der Waals surface area contributed by atoms with E-state index in [0.717, 1.165) is 27.7 Å². The summed E-state index contributed by atoms with van der Waals surface area (Å²) in [5.41, 5.74) is 0. The Balaban J connectivity index is 0.993. The number of carbonyl (C=O) groups is 6. The topological polar surface area (TPSA) is 854 Å². The number of carbonyl (C=O) groups excluding carboxylic acids is 4. The second kappa shape index (κ2) is 42.6. The smallest absolute Gasteiger partial charge is 0.364 e. The molecule has 0 saturated carbocycles. The molecule has 0 aliphatic carbocycles. The summed E-state index contributed by atoms with van der Waals surface area (Å²) < 4.78 is 101. The van der Waals surface area contributed by atoms with E-state index in [-0.39, 0.29) is 0 Å².